The molecule has 0 bridgehead atoms. The molecule has 0 heterocycles. The molecule has 1 atom stereocenters. The maximum atomic E-state index is 13.6. The molecule has 2 N–H and O–H groups in total. The Bertz CT molecular complexity index is 1160. The van der Waals surface area contributed by atoms with Crippen molar-refractivity contribution in [3.05, 3.63) is 94.8 Å². The molecule has 7 heteroatoms. The van der Waals surface area contributed by atoms with Gasteiger partial charge in [0.2, 0.25) is 0 Å². The van der Waals surface area contributed by atoms with Gasteiger partial charge in [-0.3, -0.25) is 9.59 Å². The number of halogens is 1. The summed E-state index contributed by atoms with van der Waals surface area (Å²) < 4.78 is 25.8. The number of aliphatic carboxylic acids is 1. The minimum Gasteiger partial charge on any atom is -0.489 e. The zero-order valence-electron chi connectivity index (χ0n) is 22.0. The Morgan fingerprint density at radius 1 is 0.947 bits per heavy atom. The highest BCUT2D eigenvalue weighted by molar-refractivity contribution is 5.94. The van der Waals surface area contributed by atoms with Crippen LogP contribution in [0.4, 0.5) is 4.39 Å². The monoisotopic (exact) mass is 521 g/mol. The lowest BCUT2D eigenvalue weighted by Gasteiger charge is -2.20. The molecule has 6 nitrogen and oxygen atoms in total. The van der Waals surface area contributed by atoms with Crippen molar-refractivity contribution in [2.45, 2.75) is 65.1 Å². The summed E-state index contributed by atoms with van der Waals surface area (Å²) in [4.78, 5) is 22.9. The molecule has 0 fully saturated rings. The molecule has 0 aliphatic heterocycles. The highest BCUT2D eigenvalue weighted by Crippen LogP contribution is 2.29. The molecule has 3 aromatic carbocycles. The molecule has 0 aromatic heterocycles. The number of benzene rings is 3. The molecule has 0 aliphatic rings. The van der Waals surface area contributed by atoms with Crippen molar-refractivity contribution in [1.82, 2.24) is 5.32 Å². The maximum Gasteiger partial charge on any atom is 0.305 e. The molecule has 0 saturated heterocycles. The standard InChI is InChI=1S/C31H36FNO5/c1-3-4-5-6-7-29(24-8-10-25(11-9-24)31(36)33-17-16-30(34)35)38-28-14-12-27(13-15-28)37-21-23-18-22(2)19-26(32)20-23/h8-15,18-20,29H,3-7,16-17,21H2,1-2H3,(H,33,36)(H,34,35). The summed E-state index contributed by atoms with van der Waals surface area (Å²) in [5, 5.41) is 11.4. The first-order valence-corrected chi connectivity index (χ1v) is 13.1. The molecular formula is C31H36FNO5. The van der Waals surface area contributed by atoms with Crippen LogP contribution in [0.2, 0.25) is 0 Å². The van der Waals surface area contributed by atoms with Crippen molar-refractivity contribution in [3.8, 4) is 11.5 Å². The van der Waals surface area contributed by atoms with Gasteiger partial charge in [0.05, 0.1) is 6.42 Å². The highest BCUT2D eigenvalue weighted by atomic mass is 19.1. The number of hydrogen-bond acceptors (Lipinski definition) is 4. The topological polar surface area (TPSA) is 84.9 Å². The van der Waals surface area contributed by atoms with Crippen LogP contribution in [0.3, 0.4) is 0 Å². The van der Waals surface area contributed by atoms with Gasteiger partial charge >= 0.3 is 5.97 Å². The summed E-state index contributed by atoms with van der Waals surface area (Å²) in [6, 6.07) is 19.5. The number of carbonyl (C=O) groups is 2. The van der Waals surface area contributed by atoms with Crippen LogP contribution < -0.4 is 14.8 Å². The molecule has 1 amide bonds. The van der Waals surface area contributed by atoms with Crippen LogP contribution in [-0.4, -0.2) is 23.5 Å². The Kier molecular flexibility index (Phi) is 11.1. The van der Waals surface area contributed by atoms with Gasteiger partial charge < -0.3 is 19.9 Å². The Morgan fingerprint density at radius 3 is 2.32 bits per heavy atom. The van der Waals surface area contributed by atoms with Crippen LogP contribution in [0, 0.1) is 12.7 Å². The maximum absolute atomic E-state index is 13.6. The number of unbranched alkanes of at least 4 members (excludes halogenated alkanes) is 3. The first kappa shape index (κ1) is 28.7. The van der Waals surface area contributed by atoms with Crippen molar-refractivity contribution in [1.29, 1.82) is 0 Å². The fourth-order valence-corrected chi connectivity index (χ4v) is 4.13. The molecule has 1 unspecified atom stereocenters. The fourth-order valence-electron chi connectivity index (χ4n) is 4.13. The van der Waals surface area contributed by atoms with E-state index in [9.17, 15) is 14.0 Å². The number of amides is 1. The van der Waals surface area contributed by atoms with Gasteiger partial charge in [0.15, 0.2) is 0 Å². The Labute approximate surface area is 223 Å². The first-order valence-electron chi connectivity index (χ1n) is 13.1. The number of carboxylic acids is 1. The molecule has 0 aliphatic carbocycles. The van der Waals surface area contributed by atoms with Crippen LogP contribution in [0.1, 0.15) is 78.6 Å². The SMILES string of the molecule is CCCCCCC(Oc1ccc(OCc2cc(C)cc(F)c2)cc1)c1ccc(C(=O)NCCC(=O)O)cc1. The predicted octanol–water partition coefficient (Wildman–Crippen LogP) is 7.01. The van der Waals surface area contributed by atoms with Crippen LogP contribution in [0.5, 0.6) is 11.5 Å². The minimum atomic E-state index is -0.954. The molecular weight excluding hydrogens is 485 g/mol. The van der Waals surface area contributed by atoms with Gasteiger partial charge in [-0.15, -0.1) is 0 Å². The van der Waals surface area contributed by atoms with Crippen LogP contribution in [0.25, 0.3) is 0 Å². The van der Waals surface area contributed by atoms with Crippen molar-refractivity contribution < 1.29 is 28.6 Å². The quantitative estimate of drug-likeness (QED) is 0.210. The summed E-state index contributed by atoms with van der Waals surface area (Å²) in [6.07, 6.45) is 4.98. The third-order valence-electron chi connectivity index (χ3n) is 6.10. The van der Waals surface area contributed by atoms with E-state index in [2.05, 4.69) is 12.2 Å². The number of hydrogen-bond donors (Lipinski definition) is 2. The summed E-state index contributed by atoms with van der Waals surface area (Å²) in [7, 11) is 0. The minimum absolute atomic E-state index is 0.0840. The number of aryl methyl sites for hydroxylation is 1. The van der Waals surface area contributed by atoms with E-state index in [0.717, 1.165) is 42.4 Å². The largest absolute Gasteiger partial charge is 0.489 e. The molecule has 3 aromatic rings. The van der Waals surface area contributed by atoms with E-state index >= 15 is 0 Å². The van der Waals surface area contributed by atoms with Gasteiger partial charge in [-0.2, -0.15) is 0 Å². The van der Waals surface area contributed by atoms with Gasteiger partial charge in [-0.05, 0) is 85.0 Å². The Hall–Kier alpha value is -3.87. The van der Waals surface area contributed by atoms with E-state index in [1.165, 1.54) is 18.6 Å². The lowest BCUT2D eigenvalue weighted by Crippen LogP contribution is -2.26. The van der Waals surface area contributed by atoms with Gasteiger partial charge in [0, 0.05) is 12.1 Å². The van der Waals surface area contributed by atoms with E-state index in [-0.39, 0.29) is 37.4 Å². The van der Waals surface area contributed by atoms with E-state index in [1.807, 2.05) is 49.4 Å². The van der Waals surface area contributed by atoms with Crippen LogP contribution in [-0.2, 0) is 11.4 Å². The summed E-state index contributed by atoms with van der Waals surface area (Å²) in [5.74, 6) is -0.164. The summed E-state index contributed by atoms with van der Waals surface area (Å²) in [6.45, 7) is 4.38. The summed E-state index contributed by atoms with van der Waals surface area (Å²) >= 11 is 0. The molecule has 38 heavy (non-hydrogen) atoms. The smallest absolute Gasteiger partial charge is 0.305 e. The second kappa shape index (κ2) is 14.8. The van der Waals surface area contributed by atoms with Crippen LogP contribution >= 0.6 is 0 Å². The predicted molar refractivity (Wildman–Crippen MR) is 145 cm³/mol. The summed E-state index contributed by atoms with van der Waals surface area (Å²) in [5.41, 5.74) is 3.06. The zero-order chi connectivity index (χ0) is 27.3. The number of rotatable bonds is 15. The van der Waals surface area contributed by atoms with Crippen LogP contribution in [0.15, 0.2) is 66.7 Å². The van der Waals surface area contributed by atoms with Crippen molar-refractivity contribution in [3.63, 3.8) is 0 Å². The normalized spacial score (nSPS) is 11.6. The van der Waals surface area contributed by atoms with E-state index in [1.54, 1.807) is 12.1 Å². The highest BCUT2D eigenvalue weighted by Gasteiger charge is 2.15. The van der Waals surface area contributed by atoms with Crippen molar-refractivity contribution in [2.24, 2.45) is 0 Å². The molecule has 3 rings (SSSR count). The Balaban J connectivity index is 1.63. The average Bonchev–Trinajstić information content (AvgIpc) is 2.89. The molecule has 0 radical (unpaired) electrons. The number of nitrogens with one attached hydrogen (secondary N) is 1. The second-order valence-electron chi connectivity index (χ2n) is 9.37. The number of carboxylic acid groups (broad SMARTS) is 1. The van der Waals surface area contributed by atoms with E-state index in [4.69, 9.17) is 14.6 Å². The van der Waals surface area contributed by atoms with Gasteiger partial charge in [0.1, 0.15) is 30.0 Å². The molecule has 202 valence electrons. The van der Waals surface area contributed by atoms with Gasteiger partial charge in [-0.1, -0.05) is 44.4 Å². The second-order valence-corrected chi connectivity index (χ2v) is 9.37. The lowest BCUT2D eigenvalue weighted by atomic mass is 10.0. The number of carbonyl (C=O) groups excluding carboxylic acids is 1. The molecule has 0 spiro atoms. The Morgan fingerprint density at radius 2 is 1.66 bits per heavy atom. The fraction of sp³-hybridized carbons (Fsp3) is 0.355. The third-order valence-corrected chi connectivity index (χ3v) is 6.10. The average molecular weight is 522 g/mol. The lowest BCUT2D eigenvalue weighted by molar-refractivity contribution is -0.136. The van der Waals surface area contributed by atoms with Crippen molar-refractivity contribution >= 4 is 11.9 Å². The van der Waals surface area contributed by atoms with E-state index in [0.29, 0.717) is 17.1 Å². The zero-order valence-corrected chi connectivity index (χ0v) is 22.0. The van der Waals surface area contributed by atoms with Crippen molar-refractivity contribution in [2.75, 3.05) is 6.54 Å². The molecule has 0 saturated carbocycles. The third kappa shape index (κ3) is 9.54. The van der Waals surface area contributed by atoms with Gasteiger partial charge in [0.25, 0.3) is 5.91 Å². The van der Waals surface area contributed by atoms with Gasteiger partial charge in [-0.25, -0.2) is 4.39 Å². The van der Waals surface area contributed by atoms with E-state index < -0.39 is 5.97 Å². The number of ether oxygens (including phenoxy) is 2. The first-order chi connectivity index (χ1) is 18.3.